The number of benzene rings is 1. The third-order valence-corrected chi connectivity index (χ3v) is 2.56. The highest BCUT2D eigenvalue weighted by atomic mass is 16.2. The fourth-order valence-corrected chi connectivity index (χ4v) is 1.60. The highest BCUT2D eigenvalue weighted by Crippen LogP contribution is 2.08. The molecule has 0 aliphatic rings. The van der Waals surface area contributed by atoms with Crippen molar-refractivity contribution in [2.45, 2.75) is 32.6 Å². The van der Waals surface area contributed by atoms with Crippen LogP contribution >= 0.6 is 0 Å². The van der Waals surface area contributed by atoms with E-state index in [2.05, 4.69) is 42.0 Å². The van der Waals surface area contributed by atoms with Gasteiger partial charge in [0, 0.05) is 13.5 Å². The normalized spacial score (nSPS) is 10.1. The lowest BCUT2D eigenvalue weighted by atomic mass is 10.1. The minimum Gasteiger partial charge on any atom is -0.292 e. The van der Waals surface area contributed by atoms with Crippen LogP contribution in [0.5, 0.6) is 0 Å². The van der Waals surface area contributed by atoms with Crippen LogP contribution in [0.15, 0.2) is 24.3 Å². The summed E-state index contributed by atoms with van der Waals surface area (Å²) in [4.78, 5) is 11.2. The van der Waals surface area contributed by atoms with Crippen LogP contribution in [0.1, 0.15) is 30.9 Å². The highest BCUT2D eigenvalue weighted by Gasteiger charge is 1.99. The van der Waals surface area contributed by atoms with Crippen LogP contribution in [-0.4, -0.2) is 13.0 Å². The number of hydrogen-bond donors (Lipinski definition) is 2. The van der Waals surface area contributed by atoms with Crippen LogP contribution < -0.4 is 10.9 Å². The molecule has 0 unspecified atom stereocenters. The number of amides is 1. The smallest absolute Gasteiger partial charge is 0.234 e. The fraction of sp³-hybridized carbons (Fsp3) is 0.462. The summed E-state index contributed by atoms with van der Waals surface area (Å²) in [5, 5.41) is 0. The fourth-order valence-electron chi connectivity index (χ4n) is 1.60. The van der Waals surface area contributed by atoms with Crippen LogP contribution in [0.2, 0.25) is 0 Å². The Hall–Kier alpha value is -1.35. The minimum absolute atomic E-state index is 0.0488. The number of aryl methyl sites for hydroxylation is 2. The van der Waals surface area contributed by atoms with Gasteiger partial charge in [-0.1, -0.05) is 31.2 Å². The van der Waals surface area contributed by atoms with Gasteiger partial charge in [0.2, 0.25) is 5.91 Å². The Bertz CT molecular complexity index is 319. The van der Waals surface area contributed by atoms with Gasteiger partial charge in [0.05, 0.1) is 0 Å². The molecule has 0 bridgehead atoms. The van der Waals surface area contributed by atoms with E-state index in [-0.39, 0.29) is 5.91 Å². The molecule has 1 rings (SSSR count). The monoisotopic (exact) mass is 220 g/mol. The predicted octanol–water partition coefficient (Wildman–Crippen LogP) is 1.82. The first-order valence-corrected chi connectivity index (χ1v) is 5.79. The van der Waals surface area contributed by atoms with Gasteiger partial charge in [0.15, 0.2) is 0 Å². The predicted molar refractivity (Wildman–Crippen MR) is 66.0 cm³/mol. The van der Waals surface area contributed by atoms with Gasteiger partial charge in [0.25, 0.3) is 0 Å². The van der Waals surface area contributed by atoms with Crippen LogP contribution in [0.4, 0.5) is 0 Å². The summed E-state index contributed by atoms with van der Waals surface area (Å²) < 4.78 is 0. The molecular formula is C13H20N2O. The van der Waals surface area contributed by atoms with Crippen LogP contribution in [0.3, 0.4) is 0 Å². The van der Waals surface area contributed by atoms with E-state index in [4.69, 9.17) is 0 Å². The van der Waals surface area contributed by atoms with E-state index in [1.54, 1.807) is 7.05 Å². The average Bonchev–Trinajstić information content (AvgIpc) is 2.30. The van der Waals surface area contributed by atoms with Crippen molar-refractivity contribution in [3.63, 3.8) is 0 Å². The molecule has 88 valence electrons. The van der Waals surface area contributed by atoms with Crippen LogP contribution in [-0.2, 0) is 17.6 Å². The molecular weight excluding hydrogens is 200 g/mol. The molecule has 3 nitrogen and oxygen atoms in total. The number of hydrogen-bond acceptors (Lipinski definition) is 2. The van der Waals surface area contributed by atoms with Gasteiger partial charge in [-0.2, -0.15) is 0 Å². The summed E-state index contributed by atoms with van der Waals surface area (Å²) in [7, 11) is 1.70. The molecule has 1 aromatic carbocycles. The molecule has 2 N–H and O–H groups in total. The molecule has 0 heterocycles. The summed E-state index contributed by atoms with van der Waals surface area (Å²) >= 11 is 0. The van der Waals surface area contributed by atoms with Gasteiger partial charge in [-0.3, -0.25) is 10.2 Å². The van der Waals surface area contributed by atoms with Gasteiger partial charge in [0.1, 0.15) is 0 Å². The maximum absolute atomic E-state index is 11.2. The van der Waals surface area contributed by atoms with Gasteiger partial charge in [-0.15, -0.1) is 0 Å². The highest BCUT2D eigenvalue weighted by molar-refractivity contribution is 5.75. The zero-order valence-electron chi connectivity index (χ0n) is 10.0. The Kier molecular flexibility index (Phi) is 5.57. The third kappa shape index (κ3) is 4.45. The van der Waals surface area contributed by atoms with E-state index in [0.717, 1.165) is 19.3 Å². The summed E-state index contributed by atoms with van der Waals surface area (Å²) in [6.45, 7) is 2.15. The molecule has 0 aliphatic carbocycles. The Labute approximate surface area is 97.2 Å². The van der Waals surface area contributed by atoms with Gasteiger partial charge < -0.3 is 0 Å². The Morgan fingerprint density at radius 1 is 1.19 bits per heavy atom. The van der Waals surface area contributed by atoms with E-state index in [1.165, 1.54) is 11.1 Å². The maximum Gasteiger partial charge on any atom is 0.234 e. The van der Waals surface area contributed by atoms with Gasteiger partial charge in [-0.05, 0) is 30.4 Å². The minimum atomic E-state index is 0.0488. The third-order valence-electron chi connectivity index (χ3n) is 2.56. The summed E-state index contributed by atoms with van der Waals surface area (Å²) in [6.07, 6.45) is 3.49. The Balaban J connectivity index is 2.29. The first kappa shape index (κ1) is 12.7. The number of nitrogens with one attached hydrogen (secondary N) is 2. The number of carbonyl (C=O) groups excluding carboxylic acids is 1. The molecule has 0 aliphatic heterocycles. The second-order valence-corrected chi connectivity index (χ2v) is 3.82. The quantitative estimate of drug-likeness (QED) is 0.718. The molecule has 0 aromatic heterocycles. The molecule has 0 spiro atoms. The molecule has 0 fully saturated rings. The van der Waals surface area contributed by atoms with Crippen molar-refractivity contribution in [2.75, 3.05) is 7.05 Å². The SMILES string of the molecule is CCc1ccc(CCCC(=O)NNC)cc1. The molecule has 0 saturated heterocycles. The number of rotatable bonds is 6. The topological polar surface area (TPSA) is 41.1 Å². The van der Waals surface area contributed by atoms with Crippen molar-refractivity contribution in [2.24, 2.45) is 0 Å². The van der Waals surface area contributed by atoms with Gasteiger partial charge >= 0.3 is 0 Å². The molecule has 0 atom stereocenters. The molecule has 0 saturated carbocycles. The second kappa shape index (κ2) is 7.01. The summed E-state index contributed by atoms with van der Waals surface area (Å²) in [6, 6.07) is 8.61. The largest absolute Gasteiger partial charge is 0.292 e. The van der Waals surface area contributed by atoms with Crippen molar-refractivity contribution in [1.29, 1.82) is 0 Å². The van der Waals surface area contributed by atoms with Crippen molar-refractivity contribution >= 4 is 5.91 Å². The van der Waals surface area contributed by atoms with Crippen LogP contribution in [0, 0.1) is 0 Å². The maximum atomic E-state index is 11.2. The zero-order valence-corrected chi connectivity index (χ0v) is 10.0. The molecule has 0 radical (unpaired) electrons. The summed E-state index contributed by atoms with van der Waals surface area (Å²) in [5.41, 5.74) is 7.85. The van der Waals surface area contributed by atoms with E-state index in [1.807, 2.05) is 0 Å². The zero-order chi connectivity index (χ0) is 11.8. The first-order valence-electron chi connectivity index (χ1n) is 5.79. The lowest BCUT2D eigenvalue weighted by molar-refractivity contribution is -0.122. The summed E-state index contributed by atoms with van der Waals surface area (Å²) in [5.74, 6) is 0.0488. The van der Waals surface area contributed by atoms with Crippen molar-refractivity contribution in [1.82, 2.24) is 10.9 Å². The van der Waals surface area contributed by atoms with Gasteiger partial charge in [-0.25, -0.2) is 5.43 Å². The first-order chi connectivity index (χ1) is 7.76. The standard InChI is InChI=1S/C13H20N2O/c1-3-11-7-9-12(10-8-11)5-4-6-13(16)15-14-2/h7-10,14H,3-6H2,1-2H3,(H,15,16). The van der Waals surface area contributed by atoms with E-state index in [9.17, 15) is 4.79 Å². The molecule has 3 heteroatoms. The van der Waals surface area contributed by atoms with E-state index < -0.39 is 0 Å². The molecule has 1 aromatic rings. The Morgan fingerprint density at radius 3 is 2.38 bits per heavy atom. The van der Waals surface area contributed by atoms with Crippen molar-refractivity contribution in [3.05, 3.63) is 35.4 Å². The van der Waals surface area contributed by atoms with E-state index >= 15 is 0 Å². The lowest BCUT2D eigenvalue weighted by Gasteiger charge is -2.04. The van der Waals surface area contributed by atoms with E-state index in [0.29, 0.717) is 6.42 Å². The lowest BCUT2D eigenvalue weighted by Crippen LogP contribution is -2.33. The molecule has 1 amide bonds. The van der Waals surface area contributed by atoms with Crippen molar-refractivity contribution in [3.8, 4) is 0 Å². The molecule has 16 heavy (non-hydrogen) atoms. The van der Waals surface area contributed by atoms with Crippen LogP contribution in [0.25, 0.3) is 0 Å². The number of hydrazine groups is 1. The Morgan fingerprint density at radius 2 is 1.81 bits per heavy atom. The van der Waals surface area contributed by atoms with Crippen molar-refractivity contribution < 1.29 is 4.79 Å². The second-order valence-electron chi connectivity index (χ2n) is 3.82. The number of carbonyl (C=O) groups is 1. The average molecular weight is 220 g/mol.